The van der Waals surface area contributed by atoms with E-state index in [1.807, 2.05) is 43.5 Å². The van der Waals surface area contributed by atoms with Crippen molar-refractivity contribution in [2.24, 2.45) is 0 Å². The van der Waals surface area contributed by atoms with Gasteiger partial charge in [-0.25, -0.2) is 0 Å². The summed E-state index contributed by atoms with van der Waals surface area (Å²) in [5, 5.41) is 10.2. The zero-order valence-corrected chi connectivity index (χ0v) is 19.7. The maximum absolute atomic E-state index is 9.14. The quantitative estimate of drug-likeness (QED) is 0.313. The summed E-state index contributed by atoms with van der Waals surface area (Å²) in [5.41, 5.74) is 7.86. The Morgan fingerprint density at radius 1 is 1.09 bits per heavy atom. The normalized spacial score (nSPS) is 12.4. The summed E-state index contributed by atoms with van der Waals surface area (Å²) in [5.74, 6) is 6.87. The van der Waals surface area contributed by atoms with Crippen LogP contribution in [0.3, 0.4) is 0 Å². The summed E-state index contributed by atoms with van der Waals surface area (Å²) in [7, 11) is 1.72. The van der Waals surface area contributed by atoms with Crippen LogP contribution in [-0.2, 0) is 12.8 Å². The second kappa shape index (κ2) is 10.3. The Morgan fingerprint density at radius 3 is 2.58 bits per heavy atom. The first-order valence-corrected chi connectivity index (χ1v) is 11.6. The molecule has 1 N–H and O–H groups in total. The molecule has 0 atom stereocenters. The van der Waals surface area contributed by atoms with Crippen LogP contribution in [0.4, 0.5) is 0 Å². The molecule has 0 saturated heterocycles. The van der Waals surface area contributed by atoms with Crippen LogP contribution in [0.5, 0.6) is 5.75 Å². The summed E-state index contributed by atoms with van der Waals surface area (Å²) < 4.78 is 5.72. The number of methoxy groups -OCH3 is 1. The maximum Gasteiger partial charge on any atom is 0.124 e. The van der Waals surface area contributed by atoms with Crippen LogP contribution in [-0.4, -0.2) is 17.8 Å². The molecule has 0 fully saturated rings. The van der Waals surface area contributed by atoms with E-state index in [-0.39, 0.29) is 0 Å². The van der Waals surface area contributed by atoms with Crippen molar-refractivity contribution in [2.45, 2.75) is 46.0 Å². The van der Waals surface area contributed by atoms with Gasteiger partial charge in [0.15, 0.2) is 0 Å². The molecule has 0 saturated carbocycles. The van der Waals surface area contributed by atoms with Crippen molar-refractivity contribution >= 4 is 16.6 Å². The van der Waals surface area contributed by atoms with E-state index in [1.54, 1.807) is 7.11 Å². The van der Waals surface area contributed by atoms with E-state index < -0.39 is 0 Å². The molecule has 0 unspecified atom stereocenters. The van der Waals surface area contributed by atoms with Gasteiger partial charge in [0.05, 0.1) is 18.3 Å². The Hall–Kier alpha value is -3.64. The van der Waals surface area contributed by atoms with Gasteiger partial charge in [0.25, 0.3) is 0 Å². The van der Waals surface area contributed by atoms with Gasteiger partial charge < -0.3 is 4.74 Å². The molecule has 1 aromatic heterocycles. The molecule has 0 aliphatic heterocycles. The molecule has 33 heavy (non-hydrogen) atoms. The first-order chi connectivity index (χ1) is 16.1. The Morgan fingerprint density at radius 2 is 1.91 bits per heavy atom. The molecule has 0 amide bonds. The molecule has 166 valence electrons. The van der Waals surface area contributed by atoms with E-state index >= 15 is 0 Å². The average Bonchev–Trinajstić information content (AvgIpc) is 3.36. The molecule has 0 spiro atoms. The van der Waals surface area contributed by atoms with E-state index in [2.05, 4.69) is 43.1 Å². The molecule has 3 nitrogen and oxygen atoms in total. The molecule has 4 rings (SSSR count). The van der Waals surface area contributed by atoms with Crippen LogP contribution in [0.1, 0.15) is 60.9 Å². The van der Waals surface area contributed by atoms with Gasteiger partial charge in [-0.05, 0) is 61.9 Å². The van der Waals surface area contributed by atoms with Crippen molar-refractivity contribution in [1.29, 1.82) is 5.41 Å². The highest BCUT2D eigenvalue weighted by molar-refractivity contribution is 6.18. The zero-order valence-electron chi connectivity index (χ0n) is 19.7. The molecular weight excluding hydrogens is 404 g/mol. The van der Waals surface area contributed by atoms with Crippen molar-refractivity contribution in [1.82, 2.24) is 4.98 Å². The summed E-state index contributed by atoms with van der Waals surface area (Å²) in [6.45, 7) is 4.00. The first-order valence-electron chi connectivity index (χ1n) is 11.6. The first kappa shape index (κ1) is 22.6. The molecule has 1 aliphatic rings. The largest absolute Gasteiger partial charge is 0.496 e. The SMILES string of the molecule is CC#Cc1ccc(C(=N)c2c(CCC)cnc3cc(OC)c(CCC4=CCC=C4)cc23)cc1. The Bertz CT molecular complexity index is 1300. The van der Waals surface area contributed by atoms with Gasteiger partial charge in [0.1, 0.15) is 5.75 Å². The number of ether oxygens (including phenoxy) is 1. The number of rotatable bonds is 8. The molecule has 1 aliphatic carbocycles. The molecule has 0 radical (unpaired) electrons. The fourth-order valence-electron chi connectivity index (χ4n) is 4.43. The second-order valence-electron chi connectivity index (χ2n) is 8.33. The number of aryl methyl sites for hydroxylation is 2. The van der Waals surface area contributed by atoms with Crippen LogP contribution in [0.15, 0.2) is 66.4 Å². The monoisotopic (exact) mass is 434 g/mol. The van der Waals surface area contributed by atoms with Crippen molar-refractivity contribution < 1.29 is 4.74 Å². The molecule has 3 heteroatoms. The number of hydrogen-bond donors (Lipinski definition) is 1. The van der Waals surface area contributed by atoms with Crippen LogP contribution in [0, 0.1) is 17.3 Å². The fraction of sp³-hybridized carbons (Fsp3) is 0.267. The Kier molecular flexibility index (Phi) is 7.05. The lowest BCUT2D eigenvalue weighted by atomic mass is 9.91. The number of allylic oxidation sites excluding steroid dienone is 4. The molecule has 0 bridgehead atoms. The van der Waals surface area contributed by atoms with E-state index in [4.69, 9.17) is 15.1 Å². The van der Waals surface area contributed by atoms with Gasteiger partial charge in [-0.2, -0.15) is 0 Å². The predicted molar refractivity (Wildman–Crippen MR) is 137 cm³/mol. The van der Waals surface area contributed by atoms with E-state index in [9.17, 15) is 0 Å². The standard InChI is InChI=1S/C30H30N2O/c1-4-8-21-12-15-23(16-13-21)30(31)29-25(9-5-2)20-32-27-19-28(33-3)24(18-26(27)29)17-14-22-10-6-7-11-22/h6,10-13,15-16,18-20,31H,5,7,9,14,17H2,1-3H3. The van der Waals surface area contributed by atoms with Crippen LogP contribution >= 0.6 is 0 Å². The van der Waals surface area contributed by atoms with Gasteiger partial charge in [-0.3, -0.25) is 10.4 Å². The number of nitrogens with zero attached hydrogens (tertiary/aromatic N) is 1. The number of fused-ring (bicyclic) bond motifs is 1. The lowest BCUT2D eigenvalue weighted by molar-refractivity contribution is 0.410. The third-order valence-corrected chi connectivity index (χ3v) is 6.09. The lowest BCUT2D eigenvalue weighted by Crippen LogP contribution is -2.08. The maximum atomic E-state index is 9.14. The van der Waals surface area contributed by atoms with Crippen LogP contribution in [0.25, 0.3) is 10.9 Å². The van der Waals surface area contributed by atoms with Gasteiger partial charge in [-0.15, -0.1) is 5.92 Å². The van der Waals surface area contributed by atoms with Crippen molar-refractivity contribution in [3.8, 4) is 17.6 Å². The van der Waals surface area contributed by atoms with Gasteiger partial charge in [0, 0.05) is 34.3 Å². The highest BCUT2D eigenvalue weighted by Crippen LogP contribution is 2.32. The van der Waals surface area contributed by atoms with Gasteiger partial charge >= 0.3 is 0 Å². The van der Waals surface area contributed by atoms with Gasteiger partial charge in [-0.1, -0.05) is 55.2 Å². The lowest BCUT2D eigenvalue weighted by Gasteiger charge is -2.17. The van der Waals surface area contributed by atoms with Gasteiger partial charge in [0.2, 0.25) is 0 Å². The third kappa shape index (κ3) is 4.91. The van der Waals surface area contributed by atoms with Crippen molar-refractivity contribution in [3.05, 3.63) is 94.2 Å². The van der Waals surface area contributed by atoms with E-state index in [0.29, 0.717) is 5.71 Å². The number of pyridine rings is 1. The van der Waals surface area contributed by atoms with E-state index in [1.165, 1.54) is 5.57 Å². The topological polar surface area (TPSA) is 46.0 Å². The molecule has 1 heterocycles. The van der Waals surface area contributed by atoms with Crippen molar-refractivity contribution in [2.75, 3.05) is 7.11 Å². The van der Waals surface area contributed by atoms with Crippen molar-refractivity contribution in [3.63, 3.8) is 0 Å². The summed E-state index contributed by atoms with van der Waals surface area (Å²) in [6, 6.07) is 12.2. The summed E-state index contributed by atoms with van der Waals surface area (Å²) in [6.07, 6.45) is 13.4. The Balaban J connectivity index is 1.81. The predicted octanol–water partition coefficient (Wildman–Crippen LogP) is 6.80. The fourth-order valence-corrected chi connectivity index (χ4v) is 4.43. The summed E-state index contributed by atoms with van der Waals surface area (Å²) >= 11 is 0. The van der Waals surface area contributed by atoms with Crippen LogP contribution < -0.4 is 4.74 Å². The minimum Gasteiger partial charge on any atom is -0.496 e. The zero-order chi connectivity index (χ0) is 23.2. The molecular formula is C30H30N2O. The smallest absolute Gasteiger partial charge is 0.124 e. The average molecular weight is 435 g/mol. The molecule has 3 aromatic rings. The highest BCUT2D eigenvalue weighted by atomic mass is 16.5. The van der Waals surface area contributed by atoms with Crippen LogP contribution in [0.2, 0.25) is 0 Å². The van der Waals surface area contributed by atoms with E-state index in [0.717, 1.165) is 76.6 Å². The number of benzene rings is 2. The third-order valence-electron chi connectivity index (χ3n) is 6.09. The number of aromatic nitrogens is 1. The molecule has 2 aromatic carbocycles. The Labute approximate surface area is 196 Å². The number of nitrogens with one attached hydrogen (secondary N) is 1. The minimum atomic E-state index is 0.527. The summed E-state index contributed by atoms with van der Waals surface area (Å²) in [4.78, 5) is 4.74. The minimum absolute atomic E-state index is 0.527. The number of hydrogen-bond acceptors (Lipinski definition) is 3. The highest BCUT2D eigenvalue weighted by Gasteiger charge is 2.17. The second-order valence-corrected chi connectivity index (χ2v) is 8.33.